The van der Waals surface area contributed by atoms with E-state index < -0.39 is 9.84 Å². The number of nitrogen functional groups attached to an aromatic ring is 1. The van der Waals surface area contributed by atoms with Crippen molar-refractivity contribution in [2.24, 2.45) is 5.92 Å². The molecule has 0 bridgehead atoms. The summed E-state index contributed by atoms with van der Waals surface area (Å²) in [6.45, 7) is 3.06. The number of nitrogens with zero attached hydrogens (tertiary/aromatic N) is 2. The fourth-order valence-electron chi connectivity index (χ4n) is 2.88. The highest BCUT2D eigenvalue weighted by molar-refractivity contribution is 7.91. The molecular weight excluding hydrogens is 290 g/mol. The van der Waals surface area contributed by atoms with Crippen LogP contribution in [-0.4, -0.2) is 36.1 Å². The Balaban J connectivity index is 1.96. The van der Waals surface area contributed by atoms with Gasteiger partial charge in [-0.25, -0.2) is 13.4 Å². The highest BCUT2D eigenvalue weighted by Crippen LogP contribution is 2.29. The van der Waals surface area contributed by atoms with E-state index in [1.54, 1.807) is 0 Å². The fraction of sp³-hybridized carbons (Fsp3) is 0.500. The van der Waals surface area contributed by atoms with Gasteiger partial charge < -0.3 is 15.0 Å². The fourth-order valence-corrected chi connectivity index (χ4v) is 4.73. The number of ether oxygens (including phenoxy) is 1. The molecule has 0 amide bonds. The van der Waals surface area contributed by atoms with Gasteiger partial charge in [0.15, 0.2) is 9.84 Å². The van der Waals surface area contributed by atoms with Crippen molar-refractivity contribution in [1.82, 2.24) is 9.55 Å². The maximum Gasteiger partial charge on any atom is 0.201 e. The molecule has 3 rings (SSSR count). The lowest BCUT2D eigenvalue weighted by Crippen LogP contribution is -2.14. The molecular formula is C14H19N3O3S. The molecule has 1 saturated heterocycles. The Kier molecular flexibility index (Phi) is 3.52. The van der Waals surface area contributed by atoms with Crippen LogP contribution in [0.2, 0.25) is 0 Å². The van der Waals surface area contributed by atoms with E-state index in [0.717, 1.165) is 11.0 Å². The average Bonchev–Trinajstić information content (AvgIpc) is 2.92. The Morgan fingerprint density at radius 1 is 1.48 bits per heavy atom. The second-order valence-corrected chi connectivity index (χ2v) is 7.64. The monoisotopic (exact) mass is 309 g/mol. The van der Waals surface area contributed by atoms with Gasteiger partial charge in [0.05, 0.1) is 23.6 Å². The number of nitrogens with two attached hydrogens (primary N) is 1. The number of hydrogen-bond acceptors (Lipinski definition) is 5. The van der Waals surface area contributed by atoms with Crippen LogP contribution in [0.4, 0.5) is 5.95 Å². The summed E-state index contributed by atoms with van der Waals surface area (Å²) in [5, 5.41) is 0. The molecule has 2 aromatic rings. The third-order valence-electron chi connectivity index (χ3n) is 3.84. The number of benzene rings is 1. The molecule has 1 fully saturated rings. The smallest absolute Gasteiger partial charge is 0.201 e. The minimum atomic E-state index is -2.88. The Labute approximate surface area is 123 Å². The zero-order valence-corrected chi connectivity index (χ0v) is 12.8. The van der Waals surface area contributed by atoms with E-state index in [-0.39, 0.29) is 17.4 Å². The predicted molar refractivity (Wildman–Crippen MR) is 82.1 cm³/mol. The van der Waals surface area contributed by atoms with E-state index >= 15 is 0 Å². The summed E-state index contributed by atoms with van der Waals surface area (Å²) in [5.74, 6) is 1.72. The molecule has 1 aromatic carbocycles. The van der Waals surface area contributed by atoms with Crippen LogP contribution in [0.25, 0.3) is 11.0 Å². The van der Waals surface area contributed by atoms with Crippen molar-refractivity contribution in [3.05, 3.63) is 18.2 Å². The summed E-state index contributed by atoms with van der Waals surface area (Å²) in [6.07, 6.45) is 0.687. The highest BCUT2D eigenvalue weighted by Gasteiger charge is 2.29. The molecule has 0 aliphatic carbocycles. The minimum Gasteiger partial charge on any atom is -0.492 e. The van der Waals surface area contributed by atoms with Crippen LogP contribution in [-0.2, 0) is 16.4 Å². The SMILES string of the molecule is CCOc1cccc2c1nc(N)n2CC1CCS(=O)(=O)C1. The van der Waals surface area contributed by atoms with Crippen molar-refractivity contribution in [2.75, 3.05) is 23.8 Å². The van der Waals surface area contributed by atoms with Gasteiger partial charge in [0.25, 0.3) is 0 Å². The average molecular weight is 309 g/mol. The van der Waals surface area contributed by atoms with Crippen LogP contribution in [0.3, 0.4) is 0 Å². The maximum atomic E-state index is 11.6. The topological polar surface area (TPSA) is 87.2 Å². The van der Waals surface area contributed by atoms with Gasteiger partial charge in [-0.15, -0.1) is 0 Å². The summed E-state index contributed by atoms with van der Waals surface area (Å²) >= 11 is 0. The first-order valence-electron chi connectivity index (χ1n) is 7.08. The third kappa shape index (κ3) is 2.70. The van der Waals surface area contributed by atoms with Crippen LogP contribution in [0.15, 0.2) is 18.2 Å². The van der Waals surface area contributed by atoms with E-state index in [0.29, 0.717) is 31.3 Å². The standard InChI is InChI=1S/C14H19N3O3S/c1-2-20-12-5-3-4-11-13(12)16-14(15)17(11)8-10-6-7-21(18,19)9-10/h3-5,10H,2,6-9H2,1H3,(H2,15,16). The molecule has 1 aliphatic rings. The highest BCUT2D eigenvalue weighted by atomic mass is 32.2. The number of sulfone groups is 1. The van der Waals surface area contributed by atoms with Crippen molar-refractivity contribution in [1.29, 1.82) is 0 Å². The van der Waals surface area contributed by atoms with Gasteiger partial charge in [-0.3, -0.25) is 0 Å². The van der Waals surface area contributed by atoms with Crippen molar-refractivity contribution >= 4 is 26.8 Å². The van der Waals surface area contributed by atoms with E-state index in [1.165, 1.54) is 0 Å². The molecule has 7 heteroatoms. The molecule has 0 spiro atoms. The zero-order chi connectivity index (χ0) is 15.0. The number of rotatable bonds is 4. The lowest BCUT2D eigenvalue weighted by Gasteiger charge is -2.11. The van der Waals surface area contributed by atoms with Crippen LogP contribution in [0.5, 0.6) is 5.75 Å². The molecule has 6 nitrogen and oxygen atoms in total. The largest absolute Gasteiger partial charge is 0.492 e. The van der Waals surface area contributed by atoms with Crippen molar-refractivity contribution in [3.8, 4) is 5.75 Å². The molecule has 1 aliphatic heterocycles. The van der Waals surface area contributed by atoms with Gasteiger partial charge in [0, 0.05) is 6.54 Å². The first-order chi connectivity index (χ1) is 10.00. The summed E-state index contributed by atoms with van der Waals surface area (Å²) in [7, 11) is -2.88. The molecule has 1 atom stereocenters. The number of aromatic nitrogens is 2. The van der Waals surface area contributed by atoms with Gasteiger partial charge in [-0.05, 0) is 31.4 Å². The van der Waals surface area contributed by atoms with Gasteiger partial charge in [0.1, 0.15) is 11.3 Å². The second-order valence-electron chi connectivity index (χ2n) is 5.41. The van der Waals surface area contributed by atoms with E-state index in [1.807, 2.05) is 29.7 Å². The van der Waals surface area contributed by atoms with Crippen molar-refractivity contribution in [3.63, 3.8) is 0 Å². The maximum absolute atomic E-state index is 11.6. The van der Waals surface area contributed by atoms with Crippen LogP contribution < -0.4 is 10.5 Å². The zero-order valence-electron chi connectivity index (χ0n) is 11.9. The first-order valence-corrected chi connectivity index (χ1v) is 8.90. The summed E-state index contributed by atoms with van der Waals surface area (Å²) in [4.78, 5) is 4.38. The van der Waals surface area contributed by atoms with E-state index in [2.05, 4.69) is 4.98 Å². The Bertz CT molecular complexity index is 767. The summed E-state index contributed by atoms with van der Waals surface area (Å²) in [6, 6.07) is 5.70. The predicted octanol–water partition coefficient (Wildman–Crippen LogP) is 1.45. The van der Waals surface area contributed by atoms with E-state index in [9.17, 15) is 8.42 Å². The van der Waals surface area contributed by atoms with Gasteiger partial charge in [-0.1, -0.05) is 6.07 Å². The van der Waals surface area contributed by atoms with Crippen molar-refractivity contribution < 1.29 is 13.2 Å². The molecule has 1 aromatic heterocycles. The van der Waals surface area contributed by atoms with Gasteiger partial charge >= 0.3 is 0 Å². The first kappa shape index (κ1) is 14.2. The molecule has 21 heavy (non-hydrogen) atoms. The quantitative estimate of drug-likeness (QED) is 0.923. The molecule has 1 unspecified atom stereocenters. The second kappa shape index (κ2) is 5.22. The number of anilines is 1. The normalized spacial score (nSPS) is 20.9. The number of hydrogen-bond donors (Lipinski definition) is 1. The summed E-state index contributed by atoms with van der Waals surface area (Å²) in [5.41, 5.74) is 7.64. The van der Waals surface area contributed by atoms with Crippen LogP contribution >= 0.6 is 0 Å². The molecule has 2 N–H and O–H groups in total. The lowest BCUT2D eigenvalue weighted by molar-refractivity contribution is 0.343. The Morgan fingerprint density at radius 2 is 2.29 bits per heavy atom. The molecule has 0 saturated carbocycles. The summed E-state index contributed by atoms with van der Waals surface area (Å²) < 4.78 is 30.6. The van der Waals surface area contributed by atoms with Crippen LogP contribution in [0.1, 0.15) is 13.3 Å². The Morgan fingerprint density at radius 3 is 2.95 bits per heavy atom. The number of imidazole rings is 1. The third-order valence-corrected chi connectivity index (χ3v) is 5.68. The van der Waals surface area contributed by atoms with Gasteiger partial charge in [-0.2, -0.15) is 0 Å². The minimum absolute atomic E-state index is 0.102. The van der Waals surface area contributed by atoms with Crippen LogP contribution in [0, 0.1) is 5.92 Å². The number of para-hydroxylation sites is 1. The number of fused-ring (bicyclic) bond motifs is 1. The molecule has 2 heterocycles. The molecule has 0 radical (unpaired) electrons. The Hall–Kier alpha value is -1.76. The van der Waals surface area contributed by atoms with E-state index in [4.69, 9.17) is 10.5 Å². The van der Waals surface area contributed by atoms with Gasteiger partial charge in [0.2, 0.25) is 5.95 Å². The van der Waals surface area contributed by atoms with Crippen molar-refractivity contribution in [2.45, 2.75) is 19.9 Å². The molecule has 114 valence electrons. The lowest BCUT2D eigenvalue weighted by atomic mass is 10.1.